The number of carbonyl (C=O) groups is 1. The number of ether oxygens (including phenoxy) is 2. The van der Waals surface area contributed by atoms with E-state index < -0.39 is 74.2 Å². The van der Waals surface area contributed by atoms with Gasteiger partial charge >= 0.3 is 0 Å². The number of nitrogens with one attached hydrogen (secondary N) is 1. The lowest BCUT2D eigenvalue weighted by Crippen LogP contribution is -2.60. The predicted octanol–water partition coefficient (Wildman–Crippen LogP) is 13.9. The average molecular weight is 1050 g/mol. The van der Waals surface area contributed by atoms with Gasteiger partial charge in [-0.3, -0.25) is 4.79 Å². The van der Waals surface area contributed by atoms with Crippen LogP contribution in [-0.2, 0) is 14.3 Å². The predicted molar refractivity (Wildman–Crippen MR) is 307 cm³/mol. The molecule has 0 aromatic carbocycles. The van der Waals surface area contributed by atoms with Crippen LogP contribution in [0.5, 0.6) is 0 Å². The molecule has 9 unspecified atom stereocenters. The Balaban J connectivity index is 2.08. The van der Waals surface area contributed by atoms with Crippen LogP contribution >= 0.6 is 0 Å². The number of aliphatic hydroxyl groups is 7. The van der Waals surface area contributed by atoms with Gasteiger partial charge in [-0.2, -0.15) is 0 Å². The summed E-state index contributed by atoms with van der Waals surface area (Å²) in [5.41, 5.74) is 0. The van der Waals surface area contributed by atoms with E-state index >= 15 is 0 Å². The van der Waals surface area contributed by atoms with E-state index in [1.807, 2.05) is 0 Å². The summed E-state index contributed by atoms with van der Waals surface area (Å²) >= 11 is 0. The summed E-state index contributed by atoms with van der Waals surface area (Å²) < 4.78 is 11.1. The molecular weight excluding hydrogens is 931 g/mol. The zero-order valence-corrected chi connectivity index (χ0v) is 47.8. The van der Waals surface area contributed by atoms with Gasteiger partial charge in [-0.15, -0.1) is 0 Å². The van der Waals surface area contributed by atoms with Crippen LogP contribution in [0.25, 0.3) is 0 Å². The number of rotatable bonds is 54. The van der Waals surface area contributed by atoms with Gasteiger partial charge in [0.1, 0.15) is 36.6 Å². The van der Waals surface area contributed by atoms with Crippen LogP contribution in [0.15, 0.2) is 36.5 Å². The summed E-state index contributed by atoms with van der Waals surface area (Å²) in [6.45, 7) is 3.40. The second-order valence-corrected chi connectivity index (χ2v) is 22.1. The highest BCUT2D eigenvalue weighted by molar-refractivity contribution is 5.80. The van der Waals surface area contributed by atoms with E-state index in [1.54, 1.807) is 0 Å². The van der Waals surface area contributed by atoms with Gasteiger partial charge in [0.2, 0.25) is 5.91 Å². The van der Waals surface area contributed by atoms with E-state index in [4.69, 9.17) is 9.47 Å². The van der Waals surface area contributed by atoms with Gasteiger partial charge in [0.15, 0.2) is 6.29 Å². The normalized spacial score (nSPS) is 20.0. The molecule has 0 bridgehead atoms. The minimum atomic E-state index is -1.67. The number of allylic oxidation sites excluding steroid dienone is 6. The smallest absolute Gasteiger partial charge is 0.249 e. The maximum Gasteiger partial charge on any atom is 0.249 e. The van der Waals surface area contributed by atoms with Crippen molar-refractivity contribution in [2.75, 3.05) is 13.2 Å². The molecule has 1 fully saturated rings. The van der Waals surface area contributed by atoms with Crippen LogP contribution < -0.4 is 5.32 Å². The van der Waals surface area contributed by atoms with Crippen molar-refractivity contribution in [1.29, 1.82) is 0 Å². The molecule has 1 aliphatic rings. The van der Waals surface area contributed by atoms with Gasteiger partial charge in [0, 0.05) is 0 Å². The Morgan fingerprint density at radius 3 is 1.26 bits per heavy atom. The van der Waals surface area contributed by atoms with Gasteiger partial charge in [-0.25, -0.2) is 0 Å². The van der Waals surface area contributed by atoms with E-state index in [9.17, 15) is 40.5 Å². The van der Waals surface area contributed by atoms with Crippen molar-refractivity contribution in [3.05, 3.63) is 36.5 Å². The number of carbonyl (C=O) groups excluding carboxylic acids is 1. The summed E-state index contributed by atoms with van der Waals surface area (Å²) in [4.78, 5) is 13.1. The Bertz CT molecular complexity index is 1300. The highest BCUT2D eigenvalue weighted by Gasteiger charge is 2.44. The fourth-order valence-electron chi connectivity index (χ4n) is 10.1. The minimum absolute atomic E-state index is 0.255. The van der Waals surface area contributed by atoms with Crippen LogP contribution in [0.4, 0.5) is 0 Å². The van der Waals surface area contributed by atoms with E-state index in [1.165, 1.54) is 205 Å². The summed E-state index contributed by atoms with van der Waals surface area (Å²) in [5.74, 6) is -0.706. The SMILES string of the molecule is CCCCCC/C=C/CCCC(O)C(O)C(COC1OC(CO)C(O)C(O)C1O)NC(=O)C(O)CCCCCCCCCCCCCCCCCC/C=C\C/C=C\CCCCCCCCCCCCCCCCC. The lowest BCUT2D eigenvalue weighted by molar-refractivity contribution is -0.303. The Morgan fingerprint density at radius 1 is 0.473 bits per heavy atom. The molecule has 74 heavy (non-hydrogen) atoms. The average Bonchev–Trinajstić information content (AvgIpc) is 3.40. The first-order chi connectivity index (χ1) is 36.2. The molecule has 0 radical (unpaired) electrons. The van der Waals surface area contributed by atoms with Crippen LogP contribution in [-0.4, -0.2) is 110 Å². The molecule has 9 atom stereocenters. The Morgan fingerprint density at radius 2 is 0.838 bits per heavy atom. The van der Waals surface area contributed by atoms with Crippen molar-refractivity contribution in [2.45, 2.75) is 345 Å². The van der Waals surface area contributed by atoms with Gasteiger partial charge in [0.25, 0.3) is 0 Å². The number of hydrogen-bond acceptors (Lipinski definition) is 10. The highest BCUT2D eigenvalue weighted by Crippen LogP contribution is 2.23. The maximum atomic E-state index is 13.1. The molecular formula is C63H119NO10. The molecule has 0 aromatic rings. The van der Waals surface area contributed by atoms with Crippen molar-refractivity contribution >= 4 is 5.91 Å². The van der Waals surface area contributed by atoms with Crippen LogP contribution in [0.1, 0.15) is 290 Å². The molecule has 0 aliphatic carbocycles. The molecule has 1 aliphatic heterocycles. The lowest BCUT2D eigenvalue weighted by Gasteiger charge is -2.40. The summed E-state index contributed by atoms with van der Waals surface area (Å²) in [7, 11) is 0. The van der Waals surface area contributed by atoms with Crippen LogP contribution in [0, 0.1) is 0 Å². The van der Waals surface area contributed by atoms with Crippen molar-refractivity contribution in [3.63, 3.8) is 0 Å². The van der Waals surface area contributed by atoms with Crippen molar-refractivity contribution in [2.24, 2.45) is 0 Å². The molecule has 436 valence electrons. The van der Waals surface area contributed by atoms with Gasteiger partial charge in [-0.1, -0.05) is 256 Å². The zero-order chi connectivity index (χ0) is 54.0. The maximum absolute atomic E-state index is 13.1. The number of amides is 1. The van der Waals surface area contributed by atoms with E-state index in [-0.39, 0.29) is 12.8 Å². The third-order valence-corrected chi connectivity index (χ3v) is 15.2. The summed E-state index contributed by atoms with van der Waals surface area (Å²) in [6.07, 6.45) is 54.2. The van der Waals surface area contributed by atoms with Crippen molar-refractivity contribution in [1.82, 2.24) is 5.32 Å². The largest absolute Gasteiger partial charge is 0.394 e. The summed E-state index contributed by atoms with van der Waals surface area (Å²) in [5, 5.41) is 75.8. The molecule has 11 nitrogen and oxygen atoms in total. The second kappa shape index (κ2) is 52.1. The Kier molecular flexibility index (Phi) is 49.5. The number of unbranched alkanes of at least 4 members (excludes halogenated alkanes) is 36. The first-order valence-corrected chi connectivity index (χ1v) is 31.4. The topological polar surface area (TPSA) is 189 Å². The van der Waals surface area contributed by atoms with E-state index in [0.717, 1.165) is 44.9 Å². The minimum Gasteiger partial charge on any atom is -0.394 e. The fraction of sp³-hybridized carbons (Fsp3) is 0.889. The van der Waals surface area contributed by atoms with Crippen LogP contribution in [0.3, 0.4) is 0 Å². The van der Waals surface area contributed by atoms with E-state index in [0.29, 0.717) is 12.8 Å². The van der Waals surface area contributed by atoms with E-state index in [2.05, 4.69) is 55.6 Å². The molecule has 8 N–H and O–H groups in total. The van der Waals surface area contributed by atoms with Gasteiger partial charge < -0.3 is 50.5 Å². The van der Waals surface area contributed by atoms with Gasteiger partial charge in [-0.05, 0) is 70.6 Å². The van der Waals surface area contributed by atoms with Crippen molar-refractivity contribution in [3.8, 4) is 0 Å². The standard InChI is InChI=1S/C63H119NO10/c1-3-5-7-9-11-13-14-15-16-17-18-19-20-21-22-23-24-25-26-27-28-29-30-31-32-33-34-35-36-37-38-39-40-41-43-45-47-49-51-56(67)62(72)64-54(53-73-63-61(71)60(70)59(69)57(52-65)74-63)58(68)55(66)50-48-46-44-42-12-10-8-6-4-2/h24-25,27-28,42,44,54-61,63,65-71H,3-23,26,29-41,43,45-53H2,1-2H3,(H,64,72)/b25-24-,28-27-,44-42+. The first-order valence-electron chi connectivity index (χ1n) is 31.4. The first kappa shape index (κ1) is 70.3. The highest BCUT2D eigenvalue weighted by atomic mass is 16.7. The zero-order valence-electron chi connectivity index (χ0n) is 47.8. The Labute approximate surface area is 454 Å². The number of aliphatic hydroxyl groups excluding tert-OH is 7. The fourth-order valence-corrected chi connectivity index (χ4v) is 10.1. The third kappa shape index (κ3) is 39.7. The van der Waals surface area contributed by atoms with Crippen molar-refractivity contribution < 1.29 is 50.0 Å². The van der Waals surface area contributed by atoms with Gasteiger partial charge in [0.05, 0.1) is 25.4 Å². The summed E-state index contributed by atoms with van der Waals surface area (Å²) in [6, 6.07) is -1.18. The molecule has 0 spiro atoms. The molecule has 1 amide bonds. The Hall–Kier alpha value is -1.67. The third-order valence-electron chi connectivity index (χ3n) is 15.2. The molecule has 0 saturated carbocycles. The molecule has 1 heterocycles. The number of hydrogen-bond donors (Lipinski definition) is 8. The molecule has 1 rings (SSSR count). The monoisotopic (exact) mass is 1050 g/mol. The molecule has 11 heteroatoms. The second-order valence-electron chi connectivity index (χ2n) is 22.1. The van der Waals surface area contributed by atoms with Crippen LogP contribution in [0.2, 0.25) is 0 Å². The molecule has 1 saturated heterocycles. The molecule has 0 aromatic heterocycles. The lowest BCUT2D eigenvalue weighted by atomic mass is 9.98. The quantitative estimate of drug-likeness (QED) is 0.0215.